The molecule has 0 saturated heterocycles. The minimum atomic E-state index is 0.595. The number of hydrogen-bond donors (Lipinski definition) is 0. The molecule has 0 N–H and O–H groups in total. The largest absolute Gasteiger partial charge is 0.455 e. The monoisotopic (exact) mass is 834 g/mol. The average Bonchev–Trinajstić information content (AvgIpc) is 3.96. The van der Waals surface area contributed by atoms with Crippen LogP contribution in [0.2, 0.25) is 0 Å². The molecule has 0 bridgehead atoms. The Kier molecular flexibility index (Phi) is 8.32. The van der Waals surface area contributed by atoms with Gasteiger partial charge in [0, 0.05) is 86.0 Å². The summed E-state index contributed by atoms with van der Waals surface area (Å²) in [4.78, 5) is 20.5. The molecule has 298 valence electrons. The number of furan rings is 1. The van der Waals surface area contributed by atoms with E-state index in [0.29, 0.717) is 17.5 Å². The summed E-state index contributed by atoms with van der Waals surface area (Å²) in [5.74, 6) is 1.84. The summed E-state index contributed by atoms with van der Waals surface area (Å²) in [5, 5.41) is 8.03. The number of pyridine rings is 1. The SMILES string of the molecule is c1ccc(-c2nc(-c3ccccc3)nc(-c3cc(-c4ccccc4)c4oc5c(-c6cccc7c6sc6c7ccc7c(-c8ccccc8)nc8ccccc8c76)cccc5c4c3)n2)cc1. The van der Waals surface area contributed by atoms with Gasteiger partial charge in [0.2, 0.25) is 0 Å². The third kappa shape index (κ3) is 5.84. The van der Waals surface area contributed by atoms with Crippen LogP contribution in [0.1, 0.15) is 0 Å². The van der Waals surface area contributed by atoms with Crippen LogP contribution in [0.5, 0.6) is 0 Å². The van der Waals surface area contributed by atoms with E-state index in [0.717, 1.165) is 88.4 Å². The summed E-state index contributed by atoms with van der Waals surface area (Å²) in [5.41, 5.74) is 11.7. The van der Waals surface area contributed by atoms with Gasteiger partial charge in [0.05, 0.1) is 11.2 Å². The zero-order valence-electron chi connectivity index (χ0n) is 34.2. The van der Waals surface area contributed by atoms with Crippen molar-refractivity contribution in [1.29, 1.82) is 0 Å². The number of thiophene rings is 1. The minimum absolute atomic E-state index is 0.595. The van der Waals surface area contributed by atoms with Crippen molar-refractivity contribution in [3.05, 3.63) is 206 Å². The molecule has 0 saturated carbocycles. The van der Waals surface area contributed by atoms with Gasteiger partial charge in [-0.25, -0.2) is 19.9 Å². The molecule has 0 aliphatic rings. The van der Waals surface area contributed by atoms with Crippen molar-refractivity contribution in [2.45, 2.75) is 0 Å². The van der Waals surface area contributed by atoms with E-state index in [1.54, 1.807) is 0 Å². The van der Waals surface area contributed by atoms with Crippen LogP contribution in [0.3, 0.4) is 0 Å². The molecule has 0 aliphatic heterocycles. The number of nitrogens with zero attached hydrogens (tertiary/aromatic N) is 4. The number of benzene rings is 9. The summed E-state index contributed by atoms with van der Waals surface area (Å²) >= 11 is 1.85. The van der Waals surface area contributed by atoms with E-state index < -0.39 is 0 Å². The zero-order chi connectivity index (χ0) is 42.1. The van der Waals surface area contributed by atoms with Crippen LogP contribution in [-0.2, 0) is 0 Å². The topological polar surface area (TPSA) is 64.7 Å². The molecule has 9 aromatic carbocycles. The summed E-state index contributed by atoms with van der Waals surface area (Å²) in [6.45, 7) is 0. The molecule has 4 heterocycles. The Morgan fingerprint density at radius 2 is 0.828 bits per heavy atom. The Balaban J connectivity index is 1.05. The van der Waals surface area contributed by atoms with Crippen LogP contribution in [0.15, 0.2) is 211 Å². The third-order valence-electron chi connectivity index (χ3n) is 12.3. The molecule has 5 nitrogen and oxygen atoms in total. The summed E-state index contributed by atoms with van der Waals surface area (Å²) in [6.07, 6.45) is 0. The molecule has 0 aliphatic carbocycles. The van der Waals surface area contributed by atoms with Crippen molar-refractivity contribution in [2.24, 2.45) is 0 Å². The number of aromatic nitrogens is 4. The molecule has 6 heteroatoms. The lowest BCUT2D eigenvalue weighted by Gasteiger charge is -2.11. The molecule has 0 fully saturated rings. The first-order chi connectivity index (χ1) is 31.7. The average molecular weight is 835 g/mol. The van der Waals surface area contributed by atoms with Crippen molar-refractivity contribution >= 4 is 75.1 Å². The molecule has 0 atom stereocenters. The fourth-order valence-corrected chi connectivity index (χ4v) is 10.7. The maximum absolute atomic E-state index is 7.16. The summed E-state index contributed by atoms with van der Waals surface area (Å²) in [6, 6.07) is 71.8. The van der Waals surface area contributed by atoms with Gasteiger partial charge in [0.25, 0.3) is 0 Å². The van der Waals surface area contributed by atoms with Gasteiger partial charge in [0.1, 0.15) is 11.2 Å². The molecule has 0 unspecified atom stereocenters. The first-order valence-electron chi connectivity index (χ1n) is 21.4. The lowest BCUT2D eigenvalue weighted by atomic mass is 9.96. The van der Waals surface area contributed by atoms with E-state index >= 15 is 0 Å². The van der Waals surface area contributed by atoms with Crippen molar-refractivity contribution in [2.75, 3.05) is 0 Å². The third-order valence-corrected chi connectivity index (χ3v) is 13.6. The van der Waals surface area contributed by atoms with Gasteiger partial charge in [-0.2, -0.15) is 0 Å². The van der Waals surface area contributed by atoms with Crippen LogP contribution >= 0.6 is 11.3 Å². The first kappa shape index (κ1) is 36.3. The number of rotatable bonds is 6. The van der Waals surface area contributed by atoms with E-state index in [-0.39, 0.29) is 0 Å². The molecule has 64 heavy (non-hydrogen) atoms. The number of fused-ring (bicyclic) bond motifs is 10. The van der Waals surface area contributed by atoms with Gasteiger partial charge in [-0.15, -0.1) is 11.3 Å². The van der Waals surface area contributed by atoms with Crippen LogP contribution in [0.25, 0.3) is 131 Å². The smallest absolute Gasteiger partial charge is 0.164 e. The molecule has 0 amide bonds. The maximum atomic E-state index is 7.16. The van der Waals surface area contributed by atoms with Crippen LogP contribution in [0, 0.1) is 0 Å². The van der Waals surface area contributed by atoms with E-state index in [2.05, 4.69) is 140 Å². The van der Waals surface area contributed by atoms with Crippen molar-refractivity contribution < 1.29 is 4.42 Å². The molecular formula is C58H34N4OS. The Labute approximate surface area is 371 Å². The summed E-state index contributed by atoms with van der Waals surface area (Å²) < 4.78 is 9.63. The maximum Gasteiger partial charge on any atom is 0.164 e. The standard InChI is InChI=1S/C58H34N4OS/c1-5-17-35(18-6-1)47-33-39(58-61-56(37-21-9-3-10-22-37)60-57(62-58)38-23-11-4-12-24-38)34-48-41-27-15-26-40(52(41)63-53(47)48)42-28-16-29-43-44-31-32-46-50(55(44)64-54(42)43)45-25-13-14-30-49(45)59-51(46)36-19-7-2-8-20-36/h1-34H. The van der Waals surface area contributed by atoms with Gasteiger partial charge in [0.15, 0.2) is 17.5 Å². The highest BCUT2D eigenvalue weighted by Crippen LogP contribution is 2.48. The predicted molar refractivity (Wildman–Crippen MR) is 265 cm³/mol. The summed E-state index contributed by atoms with van der Waals surface area (Å²) in [7, 11) is 0. The van der Waals surface area contributed by atoms with E-state index in [9.17, 15) is 0 Å². The lowest BCUT2D eigenvalue weighted by molar-refractivity contribution is 0.671. The van der Waals surface area contributed by atoms with Gasteiger partial charge in [-0.1, -0.05) is 188 Å². The molecular weight excluding hydrogens is 801 g/mol. The molecule has 0 spiro atoms. The van der Waals surface area contributed by atoms with E-state index in [1.807, 2.05) is 78.1 Å². The number of para-hydroxylation sites is 2. The van der Waals surface area contributed by atoms with Crippen molar-refractivity contribution in [3.8, 4) is 67.7 Å². The second-order valence-corrected chi connectivity index (χ2v) is 17.1. The van der Waals surface area contributed by atoms with Crippen molar-refractivity contribution in [3.63, 3.8) is 0 Å². The van der Waals surface area contributed by atoms with Gasteiger partial charge < -0.3 is 4.42 Å². The second kappa shape index (κ2) is 14.7. The molecule has 13 rings (SSSR count). The Morgan fingerprint density at radius 3 is 1.52 bits per heavy atom. The Bertz CT molecular complexity index is 3880. The molecule has 4 aromatic heterocycles. The highest BCUT2D eigenvalue weighted by Gasteiger charge is 2.23. The van der Waals surface area contributed by atoms with Gasteiger partial charge in [-0.05, 0) is 23.8 Å². The lowest BCUT2D eigenvalue weighted by Crippen LogP contribution is -2.00. The van der Waals surface area contributed by atoms with Gasteiger partial charge >= 0.3 is 0 Å². The van der Waals surface area contributed by atoms with Gasteiger partial charge in [-0.3, -0.25) is 0 Å². The van der Waals surface area contributed by atoms with Crippen LogP contribution < -0.4 is 0 Å². The fraction of sp³-hybridized carbons (Fsp3) is 0. The second-order valence-electron chi connectivity index (χ2n) is 16.1. The number of hydrogen-bond acceptors (Lipinski definition) is 6. The van der Waals surface area contributed by atoms with Crippen LogP contribution in [0.4, 0.5) is 0 Å². The Morgan fingerprint density at radius 1 is 0.312 bits per heavy atom. The predicted octanol–water partition coefficient (Wildman–Crippen LogP) is 15.8. The normalized spacial score (nSPS) is 11.8. The van der Waals surface area contributed by atoms with Crippen molar-refractivity contribution in [1.82, 2.24) is 19.9 Å². The quantitative estimate of drug-likeness (QED) is 0.156. The highest BCUT2D eigenvalue weighted by atomic mass is 32.1. The van der Waals surface area contributed by atoms with E-state index in [1.165, 1.54) is 25.6 Å². The van der Waals surface area contributed by atoms with E-state index in [4.69, 9.17) is 24.4 Å². The molecule has 13 aromatic rings. The first-order valence-corrected chi connectivity index (χ1v) is 22.2. The molecule has 0 radical (unpaired) electrons. The highest BCUT2D eigenvalue weighted by molar-refractivity contribution is 7.27. The Hall–Kier alpha value is -8.32. The minimum Gasteiger partial charge on any atom is -0.455 e. The zero-order valence-corrected chi connectivity index (χ0v) is 35.1. The van der Waals surface area contributed by atoms with Crippen LogP contribution in [-0.4, -0.2) is 19.9 Å². The fourth-order valence-electron chi connectivity index (χ4n) is 9.33.